The third kappa shape index (κ3) is 5.44. The summed E-state index contributed by atoms with van der Waals surface area (Å²) in [5.74, 6) is -2.47. The molecule has 1 aliphatic heterocycles. The zero-order valence-electron chi connectivity index (χ0n) is 14.3. The predicted molar refractivity (Wildman–Crippen MR) is 101 cm³/mol. The van der Waals surface area contributed by atoms with Gasteiger partial charge in [-0.3, -0.25) is 4.90 Å². The molecule has 1 heterocycles. The lowest BCUT2D eigenvalue weighted by atomic mass is 10.2. The minimum absolute atomic E-state index is 0.191. The van der Waals surface area contributed by atoms with Crippen molar-refractivity contribution in [3.05, 3.63) is 60.2 Å². The van der Waals surface area contributed by atoms with Gasteiger partial charge in [-0.05, 0) is 23.8 Å². The predicted octanol–water partition coefficient (Wildman–Crippen LogP) is 4.35. The van der Waals surface area contributed by atoms with E-state index in [1.165, 1.54) is 5.56 Å². The minimum Gasteiger partial charge on any atom is -0.322 e. The molecule has 2 aromatic rings. The van der Waals surface area contributed by atoms with Gasteiger partial charge in [0.2, 0.25) is 0 Å². The number of nitrogens with zero attached hydrogens (tertiary/aromatic N) is 2. The van der Waals surface area contributed by atoms with E-state index in [0.717, 1.165) is 19.6 Å². The molecule has 26 heavy (non-hydrogen) atoms. The lowest BCUT2D eigenvalue weighted by Gasteiger charge is -2.34. The van der Waals surface area contributed by atoms with E-state index in [0.29, 0.717) is 35.4 Å². The Balaban J connectivity index is 1.49. The normalized spacial score (nSPS) is 15.3. The molecule has 0 bridgehead atoms. The number of nitrogens with one attached hydrogen (secondary N) is 1. The highest BCUT2D eigenvalue weighted by Crippen LogP contribution is 2.27. The molecule has 0 unspecified atom stereocenters. The summed E-state index contributed by atoms with van der Waals surface area (Å²) in [6, 6.07) is 16.6. The number of piperazine rings is 1. The van der Waals surface area contributed by atoms with Crippen molar-refractivity contribution in [2.24, 2.45) is 0 Å². The first-order chi connectivity index (χ1) is 12.6. The fourth-order valence-corrected chi connectivity index (χ4v) is 3.46. The fourth-order valence-electron chi connectivity index (χ4n) is 2.90. The van der Waals surface area contributed by atoms with Crippen molar-refractivity contribution in [1.29, 1.82) is 0 Å². The number of halogens is 2. The summed E-state index contributed by atoms with van der Waals surface area (Å²) in [5, 5.41) is 2.80. The average molecular weight is 377 g/mol. The van der Waals surface area contributed by atoms with Gasteiger partial charge in [-0.15, -0.1) is 0 Å². The Morgan fingerprint density at radius 3 is 2.46 bits per heavy atom. The SMILES string of the molecule is O=C(Nc1cccc(SC(F)F)c1)N1CCN(Cc2ccccc2)CC1. The average Bonchev–Trinajstić information content (AvgIpc) is 2.63. The van der Waals surface area contributed by atoms with Crippen molar-refractivity contribution >= 4 is 23.5 Å². The third-order valence-corrected chi connectivity index (χ3v) is 4.92. The third-order valence-electron chi connectivity index (χ3n) is 4.22. The molecule has 2 amide bonds. The fraction of sp³-hybridized carbons (Fsp3) is 0.316. The number of carbonyl (C=O) groups excluding carboxylic acids is 1. The van der Waals surface area contributed by atoms with Crippen LogP contribution in [0.15, 0.2) is 59.5 Å². The van der Waals surface area contributed by atoms with Crippen molar-refractivity contribution < 1.29 is 13.6 Å². The lowest BCUT2D eigenvalue weighted by Crippen LogP contribution is -2.49. The smallest absolute Gasteiger partial charge is 0.321 e. The monoisotopic (exact) mass is 377 g/mol. The van der Waals surface area contributed by atoms with Gasteiger partial charge in [0.25, 0.3) is 5.76 Å². The summed E-state index contributed by atoms with van der Waals surface area (Å²) >= 11 is 0.472. The van der Waals surface area contributed by atoms with Gasteiger partial charge in [-0.25, -0.2) is 4.79 Å². The number of rotatable bonds is 5. The van der Waals surface area contributed by atoms with E-state index in [1.807, 2.05) is 18.2 Å². The van der Waals surface area contributed by atoms with Crippen LogP contribution in [-0.2, 0) is 6.54 Å². The van der Waals surface area contributed by atoms with Crippen molar-refractivity contribution in [1.82, 2.24) is 9.80 Å². The Hall–Kier alpha value is -2.12. The highest BCUT2D eigenvalue weighted by Gasteiger charge is 2.21. The van der Waals surface area contributed by atoms with Crippen molar-refractivity contribution in [3.63, 3.8) is 0 Å². The maximum absolute atomic E-state index is 12.5. The Kier molecular flexibility index (Phi) is 6.46. The second kappa shape index (κ2) is 9.00. The summed E-state index contributed by atoms with van der Waals surface area (Å²) in [6.45, 7) is 3.78. The number of urea groups is 1. The van der Waals surface area contributed by atoms with E-state index in [1.54, 1.807) is 29.2 Å². The second-order valence-corrected chi connectivity index (χ2v) is 7.15. The summed E-state index contributed by atoms with van der Waals surface area (Å²) in [7, 11) is 0. The molecule has 7 heteroatoms. The first-order valence-electron chi connectivity index (χ1n) is 8.47. The molecule has 138 valence electrons. The molecule has 0 saturated carbocycles. The van der Waals surface area contributed by atoms with Crippen LogP contribution >= 0.6 is 11.8 Å². The van der Waals surface area contributed by atoms with Crippen LogP contribution in [0.2, 0.25) is 0 Å². The molecule has 0 aliphatic carbocycles. The Labute approximate surface area is 156 Å². The van der Waals surface area contributed by atoms with Gasteiger partial charge in [-0.1, -0.05) is 48.2 Å². The van der Waals surface area contributed by atoms with E-state index in [2.05, 4.69) is 22.3 Å². The largest absolute Gasteiger partial charge is 0.322 e. The van der Waals surface area contributed by atoms with E-state index in [-0.39, 0.29) is 6.03 Å². The summed E-state index contributed by atoms with van der Waals surface area (Å²) in [4.78, 5) is 16.9. The van der Waals surface area contributed by atoms with Gasteiger partial charge in [0.15, 0.2) is 0 Å². The summed E-state index contributed by atoms with van der Waals surface area (Å²) in [5.41, 5.74) is 1.80. The summed E-state index contributed by atoms with van der Waals surface area (Å²) < 4.78 is 24.9. The van der Waals surface area contributed by atoms with Gasteiger partial charge in [0.1, 0.15) is 0 Å². The molecular formula is C19H21F2N3OS. The second-order valence-electron chi connectivity index (χ2n) is 6.09. The number of benzene rings is 2. The van der Waals surface area contributed by atoms with Crippen LogP contribution in [0.25, 0.3) is 0 Å². The highest BCUT2D eigenvalue weighted by atomic mass is 32.2. The van der Waals surface area contributed by atoms with Gasteiger partial charge >= 0.3 is 6.03 Å². The number of anilines is 1. The topological polar surface area (TPSA) is 35.6 Å². The number of amides is 2. The van der Waals surface area contributed by atoms with Gasteiger partial charge in [0, 0.05) is 43.3 Å². The molecule has 0 radical (unpaired) electrons. The minimum atomic E-state index is -2.47. The van der Waals surface area contributed by atoms with Crippen LogP contribution in [0.5, 0.6) is 0 Å². The van der Waals surface area contributed by atoms with E-state index < -0.39 is 5.76 Å². The van der Waals surface area contributed by atoms with Crippen molar-refractivity contribution in [2.75, 3.05) is 31.5 Å². The molecule has 2 aromatic carbocycles. The number of hydrogen-bond donors (Lipinski definition) is 1. The quantitative estimate of drug-likeness (QED) is 0.787. The van der Waals surface area contributed by atoms with Crippen LogP contribution in [0.3, 0.4) is 0 Å². The van der Waals surface area contributed by atoms with Gasteiger partial charge in [-0.2, -0.15) is 8.78 Å². The van der Waals surface area contributed by atoms with Crippen molar-refractivity contribution in [3.8, 4) is 0 Å². The Morgan fingerprint density at radius 2 is 1.77 bits per heavy atom. The van der Waals surface area contributed by atoms with Crippen LogP contribution < -0.4 is 5.32 Å². The molecule has 4 nitrogen and oxygen atoms in total. The zero-order valence-corrected chi connectivity index (χ0v) is 15.1. The van der Waals surface area contributed by atoms with Gasteiger partial charge in [0.05, 0.1) is 0 Å². The molecule has 1 fully saturated rings. The summed E-state index contributed by atoms with van der Waals surface area (Å²) in [6.07, 6.45) is 0. The van der Waals surface area contributed by atoms with Crippen LogP contribution in [0.4, 0.5) is 19.3 Å². The van der Waals surface area contributed by atoms with Gasteiger partial charge < -0.3 is 10.2 Å². The first kappa shape index (κ1) is 18.7. The Morgan fingerprint density at radius 1 is 1.04 bits per heavy atom. The first-order valence-corrected chi connectivity index (χ1v) is 9.35. The maximum Gasteiger partial charge on any atom is 0.321 e. The van der Waals surface area contributed by atoms with E-state index >= 15 is 0 Å². The Bertz CT molecular complexity index is 722. The number of thioether (sulfide) groups is 1. The molecule has 1 N–H and O–H groups in total. The molecular weight excluding hydrogens is 356 g/mol. The maximum atomic E-state index is 12.5. The molecule has 1 saturated heterocycles. The van der Waals surface area contributed by atoms with E-state index in [4.69, 9.17) is 0 Å². The number of hydrogen-bond acceptors (Lipinski definition) is 3. The van der Waals surface area contributed by atoms with Crippen LogP contribution in [0.1, 0.15) is 5.56 Å². The molecule has 1 aliphatic rings. The standard InChI is InChI=1S/C19H21F2N3OS/c20-18(21)26-17-8-4-7-16(13-17)22-19(25)24-11-9-23(10-12-24)14-15-5-2-1-3-6-15/h1-8,13,18H,9-12,14H2,(H,22,25). The molecule has 0 aromatic heterocycles. The lowest BCUT2D eigenvalue weighted by molar-refractivity contribution is 0.143. The zero-order chi connectivity index (χ0) is 18.4. The van der Waals surface area contributed by atoms with Crippen LogP contribution in [0, 0.1) is 0 Å². The molecule has 0 spiro atoms. The number of carbonyl (C=O) groups is 1. The van der Waals surface area contributed by atoms with Crippen molar-refractivity contribution in [2.45, 2.75) is 17.2 Å². The molecule has 0 atom stereocenters. The highest BCUT2D eigenvalue weighted by molar-refractivity contribution is 7.99. The molecule has 3 rings (SSSR count). The van der Waals surface area contributed by atoms with E-state index in [9.17, 15) is 13.6 Å². The number of alkyl halides is 2. The van der Waals surface area contributed by atoms with Crippen LogP contribution in [-0.4, -0.2) is 47.8 Å².